The number of nitrogens with zero attached hydrogens (tertiary/aromatic N) is 1. The Hall–Kier alpha value is -1.28. The van der Waals surface area contributed by atoms with Gasteiger partial charge in [0.05, 0.1) is 6.10 Å². The number of hydrogen-bond donors (Lipinski definition) is 3. The number of aliphatic carboxylic acids is 1. The van der Waals surface area contributed by atoms with E-state index in [9.17, 15) is 19.5 Å². The van der Waals surface area contributed by atoms with Gasteiger partial charge in [-0.2, -0.15) is 11.8 Å². The number of carboxylic acids is 1. The first kappa shape index (κ1) is 16.8. The second kappa shape index (κ2) is 7.49. The van der Waals surface area contributed by atoms with Crippen molar-refractivity contribution in [3.8, 4) is 0 Å². The van der Waals surface area contributed by atoms with Gasteiger partial charge in [0.2, 0.25) is 11.8 Å². The normalized spacial score (nSPS) is 23.4. The number of carboxylic acid groups (broad SMARTS) is 1. The van der Waals surface area contributed by atoms with Gasteiger partial charge in [0.15, 0.2) is 0 Å². The Labute approximate surface area is 121 Å². The Bertz CT molecular complexity index is 390. The van der Waals surface area contributed by atoms with E-state index in [4.69, 9.17) is 5.11 Å². The number of nitrogens with one attached hydrogen (secondary N) is 1. The number of carbonyl (C=O) groups excluding carboxylic acids is 2. The van der Waals surface area contributed by atoms with E-state index in [1.165, 1.54) is 23.6 Å². The third kappa shape index (κ3) is 4.38. The maximum Gasteiger partial charge on any atom is 0.326 e. The van der Waals surface area contributed by atoms with Crippen LogP contribution in [0.1, 0.15) is 19.8 Å². The molecule has 0 spiro atoms. The number of β-amino-alcohol motifs (C(OH)–C–C–N with tert-alkyl or cyclic N) is 1. The first-order valence-corrected chi connectivity index (χ1v) is 7.73. The van der Waals surface area contributed by atoms with E-state index in [2.05, 4.69) is 5.32 Å². The molecule has 1 saturated heterocycles. The highest BCUT2D eigenvalue weighted by molar-refractivity contribution is 7.98. The molecule has 20 heavy (non-hydrogen) atoms. The van der Waals surface area contributed by atoms with Crippen molar-refractivity contribution in [1.82, 2.24) is 10.2 Å². The minimum Gasteiger partial charge on any atom is -0.480 e. The number of amides is 2. The van der Waals surface area contributed by atoms with Crippen LogP contribution >= 0.6 is 11.8 Å². The van der Waals surface area contributed by atoms with Gasteiger partial charge in [-0.15, -0.1) is 0 Å². The van der Waals surface area contributed by atoms with Crippen LogP contribution in [0.25, 0.3) is 0 Å². The molecule has 0 aromatic carbocycles. The van der Waals surface area contributed by atoms with E-state index in [-0.39, 0.29) is 18.9 Å². The lowest BCUT2D eigenvalue weighted by Gasteiger charge is -2.24. The molecule has 2 amide bonds. The minimum atomic E-state index is -1.10. The molecular formula is C12H20N2O5S. The van der Waals surface area contributed by atoms with Crippen molar-refractivity contribution in [1.29, 1.82) is 0 Å². The van der Waals surface area contributed by atoms with Gasteiger partial charge in [0.25, 0.3) is 0 Å². The summed E-state index contributed by atoms with van der Waals surface area (Å²) in [5, 5.41) is 21.1. The molecule has 0 aromatic rings. The van der Waals surface area contributed by atoms with Gasteiger partial charge in [-0.25, -0.2) is 4.79 Å². The van der Waals surface area contributed by atoms with Crippen molar-refractivity contribution in [3.63, 3.8) is 0 Å². The Balaban J connectivity index is 2.67. The summed E-state index contributed by atoms with van der Waals surface area (Å²) in [6.07, 6.45) is 1.56. The summed E-state index contributed by atoms with van der Waals surface area (Å²) >= 11 is 1.49. The Kier molecular flexibility index (Phi) is 6.28. The van der Waals surface area contributed by atoms with Crippen molar-refractivity contribution in [3.05, 3.63) is 0 Å². The molecule has 1 fully saturated rings. The number of hydrogen-bond acceptors (Lipinski definition) is 5. The molecule has 8 heteroatoms. The van der Waals surface area contributed by atoms with Gasteiger partial charge in [-0.05, 0) is 18.4 Å². The average Bonchev–Trinajstić information content (AvgIpc) is 2.76. The molecule has 0 aliphatic carbocycles. The van der Waals surface area contributed by atoms with Crippen LogP contribution in [0.2, 0.25) is 0 Å². The van der Waals surface area contributed by atoms with Gasteiger partial charge < -0.3 is 20.4 Å². The quantitative estimate of drug-likeness (QED) is 0.598. The van der Waals surface area contributed by atoms with Gasteiger partial charge >= 0.3 is 5.97 Å². The SMILES string of the molecule is CSCCC(NC(=O)C1CC(O)CN1C(C)=O)C(=O)O. The zero-order chi connectivity index (χ0) is 15.3. The molecule has 0 bridgehead atoms. The van der Waals surface area contributed by atoms with Crippen LogP contribution in [-0.2, 0) is 14.4 Å². The summed E-state index contributed by atoms with van der Waals surface area (Å²) in [6, 6.07) is -1.76. The molecule has 1 aliphatic heterocycles. The van der Waals surface area contributed by atoms with Gasteiger partial charge in [0, 0.05) is 19.9 Å². The van der Waals surface area contributed by atoms with Crippen molar-refractivity contribution in [2.75, 3.05) is 18.6 Å². The fourth-order valence-electron chi connectivity index (χ4n) is 2.17. The fraction of sp³-hybridized carbons (Fsp3) is 0.750. The number of thioether (sulfide) groups is 1. The predicted octanol–water partition coefficient (Wildman–Crippen LogP) is -0.709. The van der Waals surface area contributed by atoms with Gasteiger partial charge in [0.1, 0.15) is 12.1 Å². The van der Waals surface area contributed by atoms with Gasteiger partial charge in [-0.3, -0.25) is 9.59 Å². The topological polar surface area (TPSA) is 107 Å². The molecule has 114 valence electrons. The summed E-state index contributed by atoms with van der Waals surface area (Å²) in [5.41, 5.74) is 0. The van der Waals surface area contributed by atoms with Crippen LogP contribution in [-0.4, -0.2) is 69.6 Å². The smallest absolute Gasteiger partial charge is 0.326 e. The summed E-state index contributed by atoms with van der Waals surface area (Å²) in [5.74, 6) is -1.32. The highest BCUT2D eigenvalue weighted by Gasteiger charge is 2.38. The highest BCUT2D eigenvalue weighted by atomic mass is 32.2. The fourth-order valence-corrected chi connectivity index (χ4v) is 2.64. The third-order valence-corrected chi connectivity index (χ3v) is 3.86. The summed E-state index contributed by atoms with van der Waals surface area (Å²) in [7, 11) is 0. The number of aliphatic hydroxyl groups excluding tert-OH is 1. The number of aliphatic hydroxyl groups is 1. The summed E-state index contributed by atoms with van der Waals surface area (Å²) < 4.78 is 0. The second-order valence-corrected chi connectivity index (χ2v) is 5.74. The Morgan fingerprint density at radius 1 is 1.45 bits per heavy atom. The zero-order valence-corrected chi connectivity index (χ0v) is 12.4. The maximum absolute atomic E-state index is 12.1. The molecule has 1 aliphatic rings. The molecular weight excluding hydrogens is 284 g/mol. The molecule has 7 nitrogen and oxygen atoms in total. The molecule has 0 saturated carbocycles. The largest absolute Gasteiger partial charge is 0.480 e. The van der Waals surface area contributed by atoms with Crippen LogP contribution in [0, 0.1) is 0 Å². The first-order valence-electron chi connectivity index (χ1n) is 6.34. The van der Waals surface area contributed by atoms with Crippen LogP contribution in [0.5, 0.6) is 0 Å². The van der Waals surface area contributed by atoms with Crippen LogP contribution in [0.4, 0.5) is 0 Å². The van der Waals surface area contributed by atoms with E-state index in [1.807, 2.05) is 6.26 Å². The molecule has 1 rings (SSSR count). The second-order valence-electron chi connectivity index (χ2n) is 4.76. The molecule has 0 radical (unpaired) electrons. The molecule has 3 unspecified atom stereocenters. The third-order valence-electron chi connectivity index (χ3n) is 3.21. The van der Waals surface area contributed by atoms with Crippen molar-refractivity contribution < 1.29 is 24.6 Å². The standard InChI is InChI=1S/C12H20N2O5S/c1-7(15)14-6-8(16)5-10(14)11(17)13-9(12(18)19)3-4-20-2/h8-10,16H,3-6H2,1-2H3,(H,13,17)(H,18,19). The zero-order valence-electron chi connectivity index (χ0n) is 11.5. The van der Waals surface area contributed by atoms with Crippen molar-refractivity contribution in [2.24, 2.45) is 0 Å². The molecule has 0 aromatic heterocycles. The first-order chi connectivity index (χ1) is 9.36. The number of carbonyl (C=O) groups is 3. The Morgan fingerprint density at radius 2 is 2.10 bits per heavy atom. The highest BCUT2D eigenvalue weighted by Crippen LogP contribution is 2.18. The van der Waals surface area contributed by atoms with E-state index in [0.29, 0.717) is 12.2 Å². The van der Waals surface area contributed by atoms with E-state index in [0.717, 1.165) is 0 Å². The molecule has 1 heterocycles. The van der Waals surface area contributed by atoms with Crippen LogP contribution in [0.3, 0.4) is 0 Å². The van der Waals surface area contributed by atoms with E-state index >= 15 is 0 Å². The monoisotopic (exact) mass is 304 g/mol. The lowest BCUT2D eigenvalue weighted by Crippen LogP contribution is -2.50. The summed E-state index contributed by atoms with van der Waals surface area (Å²) in [4.78, 5) is 35.9. The van der Waals surface area contributed by atoms with Crippen molar-refractivity contribution >= 4 is 29.5 Å². The molecule has 3 N–H and O–H groups in total. The Morgan fingerprint density at radius 3 is 2.60 bits per heavy atom. The maximum atomic E-state index is 12.1. The van der Waals surface area contributed by atoms with Crippen molar-refractivity contribution in [2.45, 2.75) is 38.0 Å². The summed E-state index contributed by atoms with van der Waals surface area (Å²) in [6.45, 7) is 1.43. The lowest BCUT2D eigenvalue weighted by atomic mass is 10.1. The van der Waals surface area contributed by atoms with Gasteiger partial charge in [-0.1, -0.05) is 0 Å². The molecule has 3 atom stereocenters. The number of likely N-dealkylation sites (tertiary alicyclic amines) is 1. The van der Waals surface area contributed by atoms with E-state index < -0.39 is 30.1 Å². The minimum absolute atomic E-state index is 0.107. The van der Waals surface area contributed by atoms with Crippen LogP contribution < -0.4 is 5.32 Å². The number of rotatable bonds is 6. The van der Waals surface area contributed by atoms with Crippen LogP contribution in [0.15, 0.2) is 0 Å². The van der Waals surface area contributed by atoms with E-state index in [1.54, 1.807) is 0 Å². The predicted molar refractivity (Wildman–Crippen MR) is 74.4 cm³/mol. The lowest BCUT2D eigenvalue weighted by molar-refractivity contribution is -0.143. The average molecular weight is 304 g/mol.